The molecule has 5 heteroatoms. The first kappa shape index (κ1) is 18.0. The van der Waals surface area contributed by atoms with Crippen molar-refractivity contribution in [3.8, 4) is 0 Å². The van der Waals surface area contributed by atoms with E-state index < -0.39 is 0 Å². The fourth-order valence-corrected chi connectivity index (χ4v) is 3.41. The molecular weight excluding hydrogens is 350 g/mol. The van der Waals surface area contributed by atoms with Crippen LogP contribution in [0.2, 0.25) is 0 Å². The molecule has 1 atom stereocenters. The van der Waals surface area contributed by atoms with Crippen LogP contribution in [-0.2, 0) is 4.79 Å². The van der Waals surface area contributed by atoms with Crippen LogP contribution in [0, 0.1) is 6.92 Å². The first-order valence-electron chi connectivity index (χ1n) is 9.38. The van der Waals surface area contributed by atoms with Gasteiger partial charge in [0.15, 0.2) is 0 Å². The second-order valence-electron chi connectivity index (χ2n) is 7.08. The summed E-state index contributed by atoms with van der Waals surface area (Å²) in [6.45, 7) is 2.30. The van der Waals surface area contributed by atoms with Crippen LogP contribution in [-0.4, -0.2) is 30.2 Å². The lowest BCUT2D eigenvalue weighted by Gasteiger charge is -2.24. The van der Waals surface area contributed by atoms with Crippen molar-refractivity contribution in [3.63, 3.8) is 0 Å². The van der Waals surface area contributed by atoms with Gasteiger partial charge in [0.1, 0.15) is 11.8 Å². The van der Waals surface area contributed by atoms with E-state index in [1.165, 1.54) is 5.56 Å². The Morgan fingerprint density at radius 3 is 2.54 bits per heavy atom. The third-order valence-electron chi connectivity index (χ3n) is 4.99. The summed E-state index contributed by atoms with van der Waals surface area (Å²) in [7, 11) is 1.91. The molecule has 28 heavy (non-hydrogen) atoms. The summed E-state index contributed by atoms with van der Waals surface area (Å²) < 4.78 is 5.61. The molecule has 0 saturated heterocycles. The van der Waals surface area contributed by atoms with Gasteiger partial charge in [-0.15, -0.1) is 0 Å². The molecular formula is C23H23N3O2. The zero-order chi connectivity index (χ0) is 19.5. The van der Waals surface area contributed by atoms with Gasteiger partial charge in [-0.05, 0) is 36.8 Å². The summed E-state index contributed by atoms with van der Waals surface area (Å²) in [5.41, 5.74) is 4.13. The molecule has 0 radical (unpaired) electrons. The average molecular weight is 373 g/mol. The summed E-state index contributed by atoms with van der Waals surface area (Å²) in [5.74, 6) is 0.691. The van der Waals surface area contributed by atoms with Gasteiger partial charge in [-0.25, -0.2) is 5.01 Å². The summed E-state index contributed by atoms with van der Waals surface area (Å²) in [4.78, 5) is 15.0. The molecule has 1 aliphatic heterocycles. The molecule has 0 spiro atoms. The number of para-hydroxylation sites is 1. The van der Waals surface area contributed by atoms with Crippen LogP contribution in [0.25, 0.3) is 0 Å². The van der Waals surface area contributed by atoms with E-state index in [0.717, 1.165) is 22.7 Å². The number of likely N-dealkylation sites (N-methyl/N-ethyl adjacent to an activating group) is 1. The second-order valence-corrected chi connectivity index (χ2v) is 7.08. The predicted molar refractivity (Wildman–Crippen MR) is 110 cm³/mol. The number of hydrazone groups is 1. The first-order valence-corrected chi connectivity index (χ1v) is 9.38. The Hall–Kier alpha value is -3.34. The minimum absolute atomic E-state index is 0.0603. The number of aryl methyl sites for hydroxylation is 1. The van der Waals surface area contributed by atoms with Crippen LogP contribution in [0.15, 0.2) is 82.5 Å². The molecule has 0 saturated carbocycles. The van der Waals surface area contributed by atoms with E-state index in [4.69, 9.17) is 4.42 Å². The zero-order valence-corrected chi connectivity index (χ0v) is 16.1. The third kappa shape index (κ3) is 3.69. The van der Waals surface area contributed by atoms with Crippen LogP contribution >= 0.6 is 0 Å². The number of carbonyl (C=O) groups is 1. The Balaban J connectivity index is 1.59. The SMILES string of the molecule is Cc1ccc(C2=NN(C(=O)CN(C)c3ccccc3)[C@H](c3ccco3)C2)cc1. The van der Waals surface area contributed by atoms with E-state index in [-0.39, 0.29) is 18.5 Å². The molecule has 3 aromatic rings. The lowest BCUT2D eigenvalue weighted by Crippen LogP contribution is -2.36. The number of nitrogens with zero attached hydrogens (tertiary/aromatic N) is 3. The van der Waals surface area contributed by atoms with E-state index in [0.29, 0.717) is 6.42 Å². The predicted octanol–water partition coefficient (Wildman–Crippen LogP) is 4.40. The van der Waals surface area contributed by atoms with Crippen molar-refractivity contribution in [2.45, 2.75) is 19.4 Å². The maximum absolute atomic E-state index is 13.1. The molecule has 142 valence electrons. The fraction of sp³-hybridized carbons (Fsp3) is 0.217. The minimum atomic E-state index is -0.219. The molecule has 2 heterocycles. The Bertz CT molecular complexity index is 963. The summed E-state index contributed by atoms with van der Waals surface area (Å²) in [6.07, 6.45) is 2.27. The fourth-order valence-electron chi connectivity index (χ4n) is 3.41. The number of anilines is 1. The van der Waals surface area contributed by atoms with E-state index in [1.54, 1.807) is 11.3 Å². The number of hydrogen-bond donors (Lipinski definition) is 0. The lowest BCUT2D eigenvalue weighted by atomic mass is 10.0. The molecule has 1 aliphatic rings. The smallest absolute Gasteiger partial charge is 0.262 e. The molecule has 0 aliphatic carbocycles. The van der Waals surface area contributed by atoms with Gasteiger partial charge in [0.2, 0.25) is 0 Å². The highest BCUT2D eigenvalue weighted by molar-refractivity contribution is 6.03. The van der Waals surface area contributed by atoms with Crippen molar-refractivity contribution in [3.05, 3.63) is 89.9 Å². The Kier molecular flexibility index (Phi) is 4.98. The van der Waals surface area contributed by atoms with Crippen LogP contribution in [0.4, 0.5) is 5.69 Å². The van der Waals surface area contributed by atoms with Crippen molar-refractivity contribution in [2.24, 2.45) is 5.10 Å². The van der Waals surface area contributed by atoms with Crippen molar-refractivity contribution < 1.29 is 9.21 Å². The summed E-state index contributed by atoms with van der Waals surface area (Å²) in [6, 6.07) is 21.6. The number of carbonyl (C=O) groups excluding carboxylic acids is 1. The van der Waals surface area contributed by atoms with Gasteiger partial charge in [-0.2, -0.15) is 5.10 Å². The van der Waals surface area contributed by atoms with Gasteiger partial charge >= 0.3 is 0 Å². The van der Waals surface area contributed by atoms with Crippen molar-refractivity contribution >= 4 is 17.3 Å². The number of amides is 1. The van der Waals surface area contributed by atoms with Crippen molar-refractivity contribution in [2.75, 3.05) is 18.5 Å². The maximum Gasteiger partial charge on any atom is 0.262 e. The van der Waals surface area contributed by atoms with Gasteiger partial charge in [0.05, 0.1) is 18.5 Å². The molecule has 0 unspecified atom stereocenters. The molecule has 2 aromatic carbocycles. The number of hydrogen-bond acceptors (Lipinski definition) is 4. The number of furan rings is 1. The molecule has 1 aromatic heterocycles. The highest BCUT2D eigenvalue weighted by Crippen LogP contribution is 2.33. The third-order valence-corrected chi connectivity index (χ3v) is 4.99. The van der Waals surface area contributed by atoms with Gasteiger partial charge in [-0.1, -0.05) is 48.0 Å². The first-order chi connectivity index (χ1) is 13.6. The topological polar surface area (TPSA) is 49.1 Å². The van der Waals surface area contributed by atoms with E-state index in [2.05, 4.69) is 36.3 Å². The zero-order valence-electron chi connectivity index (χ0n) is 16.1. The molecule has 4 rings (SSSR count). The van der Waals surface area contributed by atoms with E-state index in [9.17, 15) is 4.79 Å². The van der Waals surface area contributed by atoms with E-state index in [1.807, 2.05) is 54.4 Å². The van der Waals surface area contributed by atoms with E-state index >= 15 is 0 Å². The monoisotopic (exact) mass is 373 g/mol. The molecule has 1 amide bonds. The second kappa shape index (κ2) is 7.72. The Morgan fingerprint density at radius 1 is 1.11 bits per heavy atom. The normalized spacial score (nSPS) is 16.1. The Labute approximate surface area is 164 Å². The van der Waals surface area contributed by atoms with Crippen LogP contribution in [0.3, 0.4) is 0 Å². The molecule has 0 bridgehead atoms. The molecule has 0 N–H and O–H groups in total. The summed E-state index contributed by atoms with van der Waals surface area (Å²) >= 11 is 0. The van der Waals surface area contributed by atoms with Gasteiger partial charge in [0, 0.05) is 19.2 Å². The minimum Gasteiger partial charge on any atom is -0.467 e. The quantitative estimate of drug-likeness (QED) is 0.666. The summed E-state index contributed by atoms with van der Waals surface area (Å²) in [5, 5.41) is 6.26. The number of rotatable bonds is 5. The average Bonchev–Trinajstić information content (AvgIpc) is 3.39. The van der Waals surface area contributed by atoms with Gasteiger partial charge < -0.3 is 9.32 Å². The van der Waals surface area contributed by atoms with Crippen molar-refractivity contribution in [1.29, 1.82) is 0 Å². The van der Waals surface area contributed by atoms with Gasteiger partial charge in [0.25, 0.3) is 5.91 Å². The largest absolute Gasteiger partial charge is 0.467 e. The molecule has 5 nitrogen and oxygen atoms in total. The highest BCUT2D eigenvalue weighted by Gasteiger charge is 2.35. The highest BCUT2D eigenvalue weighted by atomic mass is 16.3. The van der Waals surface area contributed by atoms with Gasteiger partial charge in [-0.3, -0.25) is 4.79 Å². The van der Waals surface area contributed by atoms with Crippen LogP contribution in [0.5, 0.6) is 0 Å². The lowest BCUT2D eigenvalue weighted by molar-refractivity contribution is -0.131. The molecule has 0 fully saturated rings. The standard InChI is InChI=1S/C23H23N3O2/c1-17-10-12-18(13-11-17)20-15-21(22-9-6-14-28-22)26(24-20)23(27)16-25(2)19-7-4-3-5-8-19/h3-14,21H,15-16H2,1-2H3/t21-/m0/s1. The van der Waals surface area contributed by atoms with Crippen molar-refractivity contribution in [1.82, 2.24) is 5.01 Å². The maximum atomic E-state index is 13.1. The van der Waals surface area contributed by atoms with Crippen LogP contribution in [0.1, 0.15) is 29.3 Å². The van der Waals surface area contributed by atoms with Crippen LogP contribution < -0.4 is 4.90 Å². The Morgan fingerprint density at radius 2 is 1.86 bits per heavy atom. The number of benzene rings is 2.